The summed E-state index contributed by atoms with van der Waals surface area (Å²) in [5.41, 5.74) is 6.51. The van der Waals surface area contributed by atoms with E-state index in [0.29, 0.717) is 5.69 Å². The number of benzene rings is 1. The standard InChI is InChI=1S/C16H17BrFN5O2/c17-11-8-10(6-7-12(11)18)20-14(19)13-15(23-25-22-13)21-16(24)9-4-2-1-3-5-9/h6-9H,1-5H2,(H2,19,20)(H,21,23,24). The van der Waals surface area contributed by atoms with Crippen molar-refractivity contribution in [1.29, 1.82) is 0 Å². The lowest BCUT2D eigenvalue weighted by molar-refractivity contribution is -0.120. The van der Waals surface area contributed by atoms with Crippen LogP contribution < -0.4 is 11.1 Å². The van der Waals surface area contributed by atoms with Crippen molar-refractivity contribution in [1.82, 2.24) is 10.3 Å². The molecule has 1 aromatic carbocycles. The maximum absolute atomic E-state index is 13.3. The molecule has 3 N–H and O–H groups in total. The fourth-order valence-corrected chi connectivity index (χ4v) is 3.14. The normalized spacial score (nSPS) is 16.0. The molecular formula is C16H17BrFN5O2. The number of aromatic nitrogens is 2. The van der Waals surface area contributed by atoms with Gasteiger partial charge in [-0.25, -0.2) is 14.0 Å². The van der Waals surface area contributed by atoms with Crippen molar-refractivity contribution >= 4 is 39.2 Å². The first kappa shape index (κ1) is 17.5. The number of halogens is 2. The summed E-state index contributed by atoms with van der Waals surface area (Å²) in [7, 11) is 0. The lowest BCUT2D eigenvalue weighted by Crippen LogP contribution is -2.26. The third-order valence-corrected chi connectivity index (χ3v) is 4.71. The Morgan fingerprint density at radius 1 is 1.32 bits per heavy atom. The maximum Gasteiger partial charge on any atom is 0.228 e. The van der Waals surface area contributed by atoms with Crippen LogP contribution in [0.5, 0.6) is 0 Å². The minimum absolute atomic E-state index is 0.0127. The number of nitrogens with two attached hydrogens (primary N) is 1. The largest absolute Gasteiger partial charge is 0.382 e. The highest BCUT2D eigenvalue weighted by molar-refractivity contribution is 9.10. The third-order valence-electron chi connectivity index (χ3n) is 4.10. The quantitative estimate of drug-likeness (QED) is 0.593. The van der Waals surface area contributed by atoms with Crippen molar-refractivity contribution in [3.05, 3.63) is 34.2 Å². The van der Waals surface area contributed by atoms with Gasteiger partial charge in [0.15, 0.2) is 11.5 Å². The van der Waals surface area contributed by atoms with Gasteiger partial charge in [0.25, 0.3) is 0 Å². The number of hydrogen-bond acceptors (Lipinski definition) is 5. The van der Waals surface area contributed by atoms with Gasteiger partial charge in [0.1, 0.15) is 5.82 Å². The smallest absolute Gasteiger partial charge is 0.228 e. The fourth-order valence-electron chi connectivity index (χ4n) is 2.77. The van der Waals surface area contributed by atoms with Gasteiger partial charge >= 0.3 is 0 Å². The van der Waals surface area contributed by atoms with Crippen LogP contribution in [-0.4, -0.2) is 22.1 Å². The molecule has 1 aliphatic rings. The van der Waals surface area contributed by atoms with E-state index >= 15 is 0 Å². The van der Waals surface area contributed by atoms with Crippen molar-refractivity contribution in [2.45, 2.75) is 32.1 Å². The van der Waals surface area contributed by atoms with Crippen LogP contribution in [0.1, 0.15) is 37.8 Å². The Morgan fingerprint density at radius 3 is 2.80 bits per heavy atom. The molecule has 0 unspecified atom stereocenters. The van der Waals surface area contributed by atoms with Crippen LogP contribution in [0, 0.1) is 11.7 Å². The summed E-state index contributed by atoms with van der Waals surface area (Å²) in [5.74, 6) is -0.406. The van der Waals surface area contributed by atoms with E-state index in [4.69, 9.17) is 10.4 Å². The Bertz CT molecular complexity index is 802. The van der Waals surface area contributed by atoms with Crippen molar-refractivity contribution in [2.75, 3.05) is 5.32 Å². The monoisotopic (exact) mass is 409 g/mol. The van der Waals surface area contributed by atoms with Gasteiger partial charge in [-0.05, 0) is 57.3 Å². The van der Waals surface area contributed by atoms with Crippen LogP contribution in [0.4, 0.5) is 15.9 Å². The second kappa shape index (κ2) is 7.73. The molecule has 1 saturated carbocycles. The van der Waals surface area contributed by atoms with E-state index in [9.17, 15) is 9.18 Å². The van der Waals surface area contributed by atoms with Crippen molar-refractivity contribution < 1.29 is 13.8 Å². The first-order valence-corrected chi connectivity index (χ1v) is 8.77. The van der Waals surface area contributed by atoms with Crippen LogP contribution in [0.2, 0.25) is 0 Å². The molecule has 2 aromatic rings. The summed E-state index contributed by atoms with van der Waals surface area (Å²) in [6.45, 7) is 0. The average molecular weight is 410 g/mol. The summed E-state index contributed by atoms with van der Waals surface area (Å²) >= 11 is 3.09. The third kappa shape index (κ3) is 4.22. The van der Waals surface area contributed by atoms with Gasteiger partial charge in [0, 0.05) is 5.92 Å². The topological polar surface area (TPSA) is 106 Å². The molecular weight excluding hydrogens is 393 g/mol. The molecule has 25 heavy (non-hydrogen) atoms. The highest BCUT2D eigenvalue weighted by Gasteiger charge is 2.24. The molecule has 7 nitrogen and oxygen atoms in total. The Hall–Kier alpha value is -2.29. The Morgan fingerprint density at radius 2 is 2.08 bits per heavy atom. The van der Waals surface area contributed by atoms with Crippen LogP contribution in [-0.2, 0) is 4.79 Å². The number of anilines is 1. The van der Waals surface area contributed by atoms with Crippen LogP contribution in [0.25, 0.3) is 0 Å². The maximum atomic E-state index is 13.3. The molecule has 0 spiro atoms. The summed E-state index contributed by atoms with van der Waals surface area (Å²) < 4.78 is 18.2. The van der Waals surface area contributed by atoms with Gasteiger partial charge in [0.2, 0.25) is 11.7 Å². The molecule has 9 heteroatoms. The molecule has 0 radical (unpaired) electrons. The Kier molecular flexibility index (Phi) is 5.42. The molecule has 132 valence electrons. The summed E-state index contributed by atoms with van der Waals surface area (Å²) in [5, 5.41) is 10.1. The zero-order valence-electron chi connectivity index (χ0n) is 13.3. The molecule has 0 saturated heterocycles. The zero-order valence-corrected chi connectivity index (χ0v) is 14.9. The average Bonchev–Trinajstić information content (AvgIpc) is 3.07. The number of amidine groups is 1. The van der Waals surface area contributed by atoms with E-state index < -0.39 is 5.82 Å². The number of carbonyl (C=O) groups excluding carboxylic acids is 1. The van der Waals surface area contributed by atoms with Crippen molar-refractivity contribution in [3.63, 3.8) is 0 Å². The second-order valence-corrected chi connectivity index (χ2v) is 6.74. The molecule has 1 fully saturated rings. The zero-order chi connectivity index (χ0) is 17.8. The summed E-state index contributed by atoms with van der Waals surface area (Å²) in [4.78, 5) is 16.5. The van der Waals surface area contributed by atoms with E-state index in [-0.39, 0.29) is 33.6 Å². The molecule has 1 heterocycles. The minimum Gasteiger partial charge on any atom is -0.382 e. The number of aliphatic imine (C=N–C) groups is 1. The van der Waals surface area contributed by atoms with E-state index in [2.05, 4.69) is 36.6 Å². The lowest BCUT2D eigenvalue weighted by atomic mass is 9.89. The van der Waals surface area contributed by atoms with Crippen molar-refractivity contribution in [2.24, 2.45) is 16.6 Å². The van der Waals surface area contributed by atoms with Gasteiger partial charge in [-0.1, -0.05) is 19.3 Å². The van der Waals surface area contributed by atoms with Crippen LogP contribution in [0.15, 0.2) is 32.3 Å². The van der Waals surface area contributed by atoms with E-state index in [1.165, 1.54) is 18.2 Å². The first-order valence-electron chi connectivity index (χ1n) is 7.97. The van der Waals surface area contributed by atoms with Gasteiger partial charge in [-0.2, -0.15) is 0 Å². The van der Waals surface area contributed by atoms with E-state index in [1.807, 2.05) is 0 Å². The SMILES string of the molecule is NC(=Nc1ccc(F)c(Br)c1)c1nonc1NC(=O)C1CCCCC1. The summed E-state index contributed by atoms with van der Waals surface area (Å²) in [6.07, 6.45) is 4.97. The molecule has 1 aliphatic carbocycles. The number of nitrogens with zero attached hydrogens (tertiary/aromatic N) is 3. The fraction of sp³-hybridized carbons (Fsp3) is 0.375. The number of rotatable bonds is 4. The summed E-state index contributed by atoms with van der Waals surface area (Å²) in [6, 6.07) is 4.22. The highest BCUT2D eigenvalue weighted by Crippen LogP contribution is 2.26. The van der Waals surface area contributed by atoms with Crippen molar-refractivity contribution in [3.8, 4) is 0 Å². The first-order chi connectivity index (χ1) is 12.0. The van der Waals surface area contributed by atoms with Gasteiger partial charge in [-0.3, -0.25) is 4.79 Å². The molecule has 0 bridgehead atoms. The number of amides is 1. The van der Waals surface area contributed by atoms with Gasteiger partial charge in [0.05, 0.1) is 10.2 Å². The molecule has 1 amide bonds. The highest BCUT2D eigenvalue weighted by atomic mass is 79.9. The van der Waals surface area contributed by atoms with Crippen LogP contribution in [0.3, 0.4) is 0 Å². The number of carbonyl (C=O) groups is 1. The predicted molar refractivity (Wildman–Crippen MR) is 94.0 cm³/mol. The second-order valence-electron chi connectivity index (χ2n) is 5.88. The Labute approximate surface area is 152 Å². The molecule has 1 aromatic heterocycles. The van der Waals surface area contributed by atoms with Gasteiger partial charge < -0.3 is 11.1 Å². The van der Waals surface area contributed by atoms with E-state index in [0.717, 1.165) is 32.1 Å². The molecule has 0 aliphatic heterocycles. The van der Waals surface area contributed by atoms with Crippen LogP contribution >= 0.6 is 15.9 Å². The Balaban J connectivity index is 1.76. The predicted octanol–water partition coefficient (Wildman–Crippen LogP) is 3.53. The molecule has 0 atom stereocenters. The molecule has 3 rings (SSSR count). The number of nitrogens with one attached hydrogen (secondary N) is 1. The number of hydrogen-bond donors (Lipinski definition) is 2. The lowest BCUT2D eigenvalue weighted by Gasteiger charge is -2.19. The van der Waals surface area contributed by atoms with E-state index in [1.54, 1.807) is 0 Å². The van der Waals surface area contributed by atoms with Gasteiger partial charge in [-0.15, -0.1) is 0 Å². The minimum atomic E-state index is -0.402.